The van der Waals surface area contributed by atoms with E-state index in [-0.39, 0.29) is 18.5 Å². The number of nitrogens with one attached hydrogen (secondary N) is 1. The van der Waals surface area contributed by atoms with Gasteiger partial charge in [-0.2, -0.15) is 0 Å². The summed E-state index contributed by atoms with van der Waals surface area (Å²) in [5.74, 6) is -1.29. The number of rotatable bonds is 2. The van der Waals surface area contributed by atoms with Gasteiger partial charge in [-0.3, -0.25) is 0 Å². The Hall–Kier alpha value is -1.03. The Morgan fingerprint density at radius 1 is 1.31 bits per heavy atom. The highest BCUT2D eigenvalue weighted by Crippen LogP contribution is 2.26. The lowest BCUT2D eigenvalue weighted by Gasteiger charge is -2.30. The minimum Gasteiger partial charge on any atom is -0.314 e. The monoisotopic (exact) mass is 229 g/mol. The van der Waals surface area contributed by atoms with E-state index in [0.717, 1.165) is 25.1 Å². The zero-order valence-corrected chi connectivity index (χ0v) is 8.90. The fourth-order valence-electron chi connectivity index (χ4n) is 2.09. The number of halogens is 3. The van der Waals surface area contributed by atoms with Gasteiger partial charge in [-0.1, -0.05) is 6.07 Å². The SMILES string of the molecule is Fc1ccc(CC2(F)CCCNC2)c(F)c1. The van der Waals surface area contributed by atoms with E-state index in [2.05, 4.69) is 5.32 Å². The number of piperidine rings is 1. The van der Waals surface area contributed by atoms with Crippen LogP contribution in [0.3, 0.4) is 0 Å². The second kappa shape index (κ2) is 4.45. The van der Waals surface area contributed by atoms with Crippen LogP contribution >= 0.6 is 0 Å². The molecule has 0 saturated carbocycles. The summed E-state index contributed by atoms with van der Waals surface area (Å²) in [5, 5.41) is 2.95. The number of hydrogen-bond acceptors (Lipinski definition) is 1. The summed E-state index contributed by atoms with van der Waals surface area (Å²) in [5.41, 5.74) is -1.16. The summed E-state index contributed by atoms with van der Waals surface area (Å²) in [6, 6.07) is 3.29. The number of alkyl halides is 1. The topological polar surface area (TPSA) is 12.0 Å². The van der Waals surface area contributed by atoms with Gasteiger partial charge in [-0.05, 0) is 31.0 Å². The molecule has 0 spiro atoms. The molecule has 1 atom stereocenters. The average Bonchev–Trinajstić information content (AvgIpc) is 2.23. The maximum Gasteiger partial charge on any atom is 0.129 e. The fraction of sp³-hybridized carbons (Fsp3) is 0.500. The lowest BCUT2D eigenvalue weighted by molar-refractivity contribution is 0.121. The summed E-state index contributed by atoms with van der Waals surface area (Å²) in [7, 11) is 0. The summed E-state index contributed by atoms with van der Waals surface area (Å²) in [6.45, 7) is 1.04. The Morgan fingerprint density at radius 2 is 2.12 bits per heavy atom. The third-order valence-electron chi connectivity index (χ3n) is 2.94. The van der Waals surface area contributed by atoms with Gasteiger partial charge in [-0.25, -0.2) is 13.2 Å². The Kier molecular flexibility index (Phi) is 3.19. The van der Waals surface area contributed by atoms with Crippen LogP contribution in [0.2, 0.25) is 0 Å². The van der Waals surface area contributed by atoms with Crippen LogP contribution in [0.1, 0.15) is 18.4 Å². The molecule has 1 heterocycles. The first kappa shape index (κ1) is 11.5. The average molecular weight is 229 g/mol. The van der Waals surface area contributed by atoms with Gasteiger partial charge in [0.15, 0.2) is 0 Å². The van der Waals surface area contributed by atoms with Crippen molar-refractivity contribution >= 4 is 0 Å². The molecular formula is C12H14F3N. The van der Waals surface area contributed by atoms with Gasteiger partial charge in [0.1, 0.15) is 17.3 Å². The fourth-order valence-corrected chi connectivity index (χ4v) is 2.09. The Balaban J connectivity index is 2.13. The molecule has 1 unspecified atom stereocenters. The number of benzene rings is 1. The van der Waals surface area contributed by atoms with Crippen molar-refractivity contribution in [2.75, 3.05) is 13.1 Å². The highest BCUT2D eigenvalue weighted by atomic mass is 19.1. The lowest BCUT2D eigenvalue weighted by atomic mass is 9.89. The largest absolute Gasteiger partial charge is 0.314 e. The third-order valence-corrected chi connectivity index (χ3v) is 2.94. The molecule has 1 saturated heterocycles. The van der Waals surface area contributed by atoms with Crippen molar-refractivity contribution in [3.63, 3.8) is 0 Å². The second-order valence-corrected chi connectivity index (χ2v) is 4.34. The molecule has 16 heavy (non-hydrogen) atoms. The maximum atomic E-state index is 14.2. The van der Waals surface area contributed by atoms with Crippen LogP contribution in [0.25, 0.3) is 0 Å². The smallest absolute Gasteiger partial charge is 0.129 e. The van der Waals surface area contributed by atoms with E-state index in [1.165, 1.54) is 6.07 Å². The van der Waals surface area contributed by atoms with Crippen molar-refractivity contribution in [3.05, 3.63) is 35.4 Å². The summed E-state index contributed by atoms with van der Waals surface area (Å²) >= 11 is 0. The first-order chi connectivity index (χ1) is 7.59. The predicted octanol–water partition coefficient (Wildman–Crippen LogP) is 2.60. The Labute approximate surface area is 92.7 Å². The van der Waals surface area contributed by atoms with Gasteiger partial charge in [0.2, 0.25) is 0 Å². The maximum absolute atomic E-state index is 14.2. The zero-order valence-electron chi connectivity index (χ0n) is 8.90. The highest BCUT2D eigenvalue weighted by molar-refractivity contribution is 5.21. The van der Waals surface area contributed by atoms with E-state index in [9.17, 15) is 13.2 Å². The minimum absolute atomic E-state index is 0.00606. The van der Waals surface area contributed by atoms with Gasteiger partial charge in [-0.15, -0.1) is 0 Å². The Bertz CT molecular complexity index is 373. The molecule has 1 aliphatic heterocycles. The van der Waals surface area contributed by atoms with Gasteiger partial charge < -0.3 is 5.32 Å². The van der Waals surface area contributed by atoms with E-state index in [1.807, 2.05) is 0 Å². The van der Waals surface area contributed by atoms with Crippen molar-refractivity contribution in [1.29, 1.82) is 0 Å². The van der Waals surface area contributed by atoms with Crippen LogP contribution in [-0.4, -0.2) is 18.8 Å². The van der Waals surface area contributed by atoms with Gasteiger partial charge in [0.25, 0.3) is 0 Å². The third kappa shape index (κ3) is 2.55. The van der Waals surface area contributed by atoms with Crippen LogP contribution in [0.4, 0.5) is 13.2 Å². The van der Waals surface area contributed by atoms with Crippen LogP contribution in [-0.2, 0) is 6.42 Å². The highest BCUT2D eigenvalue weighted by Gasteiger charge is 2.32. The van der Waals surface area contributed by atoms with E-state index in [4.69, 9.17) is 0 Å². The first-order valence-electron chi connectivity index (χ1n) is 5.43. The molecular weight excluding hydrogens is 215 g/mol. The molecule has 0 amide bonds. The molecule has 1 aromatic carbocycles. The molecule has 2 rings (SSSR count). The molecule has 0 aliphatic carbocycles. The molecule has 0 aromatic heterocycles. The van der Waals surface area contributed by atoms with Crippen LogP contribution in [0.5, 0.6) is 0 Å². The van der Waals surface area contributed by atoms with Crippen LogP contribution < -0.4 is 5.32 Å². The van der Waals surface area contributed by atoms with E-state index in [1.54, 1.807) is 0 Å². The van der Waals surface area contributed by atoms with Gasteiger partial charge >= 0.3 is 0 Å². The van der Waals surface area contributed by atoms with Crippen LogP contribution in [0, 0.1) is 11.6 Å². The van der Waals surface area contributed by atoms with E-state index in [0.29, 0.717) is 6.42 Å². The molecule has 0 bridgehead atoms. The van der Waals surface area contributed by atoms with Crippen molar-refractivity contribution in [2.24, 2.45) is 0 Å². The standard InChI is InChI=1S/C12H14F3N/c13-10-3-2-9(11(14)6-10)7-12(15)4-1-5-16-8-12/h2-3,6,16H,1,4-5,7-8H2. The molecule has 1 aromatic rings. The van der Waals surface area contributed by atoms with E-state index < -0.39 is 17.3 Å². The molecule has 88 valence electrons. The molecule has 0 radical (unpaired) electrons. The van der Waals surface area contributed by atoms with Crippen molar-refractivity contribution in [2.45, 2.75) is 24.9 Å². The second-order valence-electron chi connectivity index (χ2n) is 4.34. The van der Waals surface area contributed by atoms with Crippen LogP contribution in [0.15, 0.2) is 18.2 Å². The van der Waals surface area contributed by atoms with E-state index >= 15 is 0 Å². The summed E-state index contributed by atoms with van der Waals surface area (Å²) < 4.78 is 40.2. The first-order valence-corrected chi connectivity index (χ1v) is 5.43. The molecule has 4 heteroatoms. The van der Waals surface area contributed by atoms with Crippen molar-refractivity contribution in [3.8, 4) is 0 Å². The summed E-state index contributed by atoms with van der Waals surface area (Å²) in [4.78, 5) is 0. The molecule has 1 aliphatic rings. The normalized spacial score (nSPS) is 25.7. The van der Waals surface area contributed by atoms with Crippen molar-refractivity contribution in [1.82, 2.24) is 5.32 Å². The van der Waals surface area contributed by atoms with Gasteiger partial charge in [0.05, 0.1) is 0 Å². The molecule has 1 nitrogen and oxygen atoms in total. The van der Waals surface area contributed by atoms with Crippen molar-refractivity contribution < 1.29 is 13.2 Å². The predicted molar refractivity (Wildman–Crippen MR) is 56.0 cm³/mol. The summed E-state index contributed by atoms with van der Waals surface area (Å²) in [6.07, 6.45) is 1.18. The van der Waals surface area contributed by atoms with Gasteiger partial charge in [0, 0.05) is 19.0 Å². The minimum atomic E-state index is -1.41. The number of hydrogen-bond donors (Lipinski definition) is 1. The lowest BCUT2D eigenvalue weighted by Crippen LogP contribution is -2.43. The zero-order chi connectivity index (χ0) is 11.6. The Morgan fingerprint density at radius 3 is 2.75 bits per heavy atom. The molecule has 1 fully saturated rings. The molecule has 1 N–H and O–H groups in total. The quantitative estimate of drug-likeness (QED) is 0.822.